The fourth-order valence-corrected chi connectivity index (χ4v) is 3.23. The highest BCUT2D eigenvalue weighted by molar-refractivity contribution is 5.38. The van der Waals surface area contributed by atoms with Crippen LogP contribution < -0.4 is 10.5 Å². The molecule has 104 valence electrons. The predicted molar refractivity (Wildman–Crippen MR) is 70.4 cm³/mol. The molecule has 0 aromatic heterocycles. The minimum absolute atomic E-state index is 0.00750. The predicted octanol–water partition coefficient (Wildman–Crippen LogP) is 1.87. The molecule has 19 heavy (non-hydrogen) atoms. The first-order chi connectivity index (χ1) is 9.16. The van der Waals surface area contributed by atoms with E-state index in [0.717, 1.165) is 30.6 Å². The summed E-state index contributed by atoms with van der Waals surface area (Å²) in [5.41, 5.74) is 6.59. The normalized spacial score (nSPS) is 24.7. The lowest BCUT2D eigenvalue weighted by molar-refractivity contribution is 0.0567. The number of halogens is 1. The molecule has 0 amide bonds. The maximum Gasteiger partial charge on any atom is 0.123 e. The van der Waals surface area contributed by atoms with Crippen LogP contribution in [-0.2, 0) is 6.42 Å². The Balaban J connectivity index is 1.72. The number of rotatable bonds is 5. The van der Waals surface area contributed by atoms with Gasteiger partial charge in [0.15, 0.2) is 0 Å². The van der Waals surface area contributed by atoms with Crippen molar-refractivity contribution in [3.63, 3.8) is 0 Å². The molecule has 2 atom stereocenters. The molecule has 2 unspecified atom stereocenters. The van der Waals surface area contributed by atoms with Crippen LogP contribution in [0.25, 0.3) is 0 Å². The van der Waals surface area contributed by atoms with Crippen LogP contribution in [0.3, 0.4) is 0 Å². The van der Waals surface area contributed by atoms with Gasteiger partial charge in [-0.1, -0.05) is 0 Å². The number of hydrogen-bond donors (Lipinski definition) is 2. The molecule has 1 heterocycles. The largest absolute Gasteiger partial charge is 0.490 e. The average molecular weight is 265 g/mol. The van der Waals surface area contributed by atoms with Gasteiger partial charge in [0.1, 0.15) is 17.7 Å². The van der Waals surface area contributed by atoms with Crippen LogP contribution >= 0.6 is 0 Å². The molecule has 0 bridgehead atoms. The molecule has 1 aliphatic carbocycles. The van der Waals surface area contributed by atoms with Gasteiger partial charge in [0.25, 0.3) is 0 Å². The molecule has 1 saturated carbocycles. The van der Waals surface area contributed by atoms with Gasteiger partial charge in [-0.05, 0) is 43.4 Å². The molecule has 1 fully saturated rings. The summed E-state index contributed by atoms with van der Waals surface area (Å²) >= 11 is 0. The van der Waals surface area contributed by atoms with Crippen molar-refractivity contribution in [2.24, 2.45) is 17.1 Å². The van der Waals surface area contributed by atoms with Gasteiger partial charge in [-0.25, -0.2) is 4.39 Å². The molecule has 3 N–H and O–H groups in total. The summed E-state index contributed by atoms with van der Waals surface area (Å²) in [6.45, 7) is 0.595. The molecule has 1 aromatic rings. The summed E-state index contributed by atoms with van der Waals surface area (Å²) in [6, 6.07) is 4.64. The van der Waals surface area contributed by atoms with Crippen molar-refractivity contribution in [2.75, 3.05) is 13.2 Å². The van der Waals surface area contributed by atoms with Gasteiger partial charge in [-0.3, -0.25) is 0 Å². The first-order valence-electron chi connectivity index (χ1n) is 6.93. The number of benzene rings is 1. The van der Waals surface area contributed by atoms with Crippen molar-refractivity contribution in [3.05, 3.63) is 29.6 Å². The fourth-order valence-electron chi connectivity index (χ4n) is 3.23. The molecule has 3 rings (SSSR count). The number of aliphatic hydroxyl groups excluding tert-OH is 1. The molecular weight excluding hydrogens is 245 g/mol. The van der Waals surface area contributed by atoms with Crippen LogP contribution in [0, 0.1) is 17.2 Å². The van der Waals surface area contributed by atoms with Crippen LogP contribution in [0.5, 0.6) is 5.75 Å². The zero-order valence-electron chi connectivity index (χ0n) is 10.9. The van der Waals surface area contributed by atoms with Crippen molar-refractivity contribution >= 4 is 0 Å². The van der Waals surface area contributed by atoms with Gasteiger partial charge in [0.05, 0.1) is 6.61 Å². The summed E-state index contributed by atoms with van der Waals surface area (Å²) < 4.78 is 19.0. The van der Waals surface area contributed by atoms with E-state index in [1.807, 2.05) is 0 Å². The molecule has 0 saturated heterocycles. The van der Waals surface area contributed by atoms with Gasteiger partial charge < -0.3 is 15.6 Å². The van der Waals surface area contributed by atoms with E-state index in [-0.39, 0.29) is 23.9 Å². The Morgan fingerprint density at radius 1 is 1.42 bits per heavy atom. The molecule has 0 radical (unpaired) electrons. The minimum Gasteiger partial charge on any atom is -0.490 e. The van der Waals surface area contributed by atoms with Crippen LogP contribution in [0.1, 0.15) is 24.8 Å². The van der Waals surface area contributed by atoms with Crippen molar-refractivity contribution in [1.29, 1.82) is 0 Å². The van der Waals surface area contributed by atoms with Gasteiger partial charge in [0, 0.05) is 23.9 Å². The standard InChI is InChI=1S/C15H20FNO2/c16-12-3-4-14-10(5-12)6-13(19-14)7-15(8-17,9-18)11-1-2-11/h3-5,11,13,18H,1-2,6-9,17H2. The quantitative estimate of drug-likeness (QED) is 0.854. The number of aliphatic hydroxyl groups is 1. The molecule has 0 spiro atoms. The van der Waals surface area contributed by atoms with E-state index in [2.05, 4.69) is 0 Å². The number of fused-ring (bicyclic) bond motifs is 1. The third kappa shape index (κ3) is 2.35. The number of hydrogen-bond acceptors (Lipinski definition) is 3. The molecule has 1 aromatic carbocycles. The second kappa shape index (κ2) is 4.76. The SMILES string of the molecule is NCC(CO)(CC1Cc2cc(F)ccc2O1)C1CC1. The average Bonchev–Trinajstić information content (AvgIpc) is 3.18. The van der Waals surface area contributed by atoms with E-state index in [0.29, 0.717) is 18.9 Å². The Morgan fingerprint density at radius 3 is 2.84 bits per heavy atom. The first kappa shape index (κ1) is 12.9. The Bertz CT molecular complexity index is 469. The van der Waals surface area contributed by atoms with Crippen molar-refractivity contribution in [3.8, 4) is 5.75 Å². The number of nitrogens with two attached hydrogens (primary N) is 1. The van der Waals surface area contributed by atoms with Gasteiger partial charge in [0.2, 0.25) is 0 Å². The first-order valence-corrected chi connectivity index (χ1v) is 6.93. The van der Waals surface area contributed by atoms with Crippen LogP contribution in [0.4, 0.5) is 4.39 Å². The Morgan fingerprint density at radius 2 is 2.21 bits per heavy atom. The third-order valence-corrected chi connectivity index (χ3v) is 4.56. The maximum absolute atomic E-state index is 13.2. The highest BCUT2D eigenvalue weighted by Crippen LogP contribution is 2.49. The van der Waals surface area contributed by atoms with Crippen LogP contribution in [-0.4, -0.2) is 24.4 Å². The topological polar surface area (TPSA) is 55.5 Å². The van der Waals surface area contributed by atoms with E-state index in [9.17, 15) is 9.50 Å². The van der Waals surface area contributed by atoms with E-state index in [1.54, 1.807) is 6.07 Å². The highest BCUT2D eigenvalue weighted by Gasteiger charge is 2.46. The second-order valence-electron chi connectivity index (χ2n) is 5.90. The van der Waals surface area contributed by atoms with Gasteiger partial charge in [-0.15, -0.1) is 0 Å². The Hall–Kier alpha value is -1.13. The van der Waals surface area contributed by atoms with Crippen molar-refractivity contribution in [1.82, 2.24) is 0 Å². The molecular formula is C15H20FNO2. The highest BCUT2D eigenvalue weighted by atomic mass is 19.1. The van der Waals surface area contributed by atoms with E-state index in [4.69, 9.17) is 10.5 Å². The lowest BCUT2D eigenvalue weighted by Gasteiger charge is -2.32. The van der Waals surface area contributed by atoms with Gasteiger partial charge in [-0.2, -0.15) is 0 Å². The summed E-state index contributed by atoms with van der Waals surface area (Å²) in [7, 11) is 0. The van der Waals surface area contributed by atoms with Crippen LogP contribution in [0.2, 0.25) is 0 Å². The molecule has 2 aliphatic rings. The summed E-state index contributed by atoms with van der Waals surface area (Å²) in [6.07, 6.45) is 3.76. The minimum atomic E-state index is -0.225. The summed E-state index contributed by atoms with van der Waals surface area (Å²) in [5.74, 6) is 1.06. The van der Waals surface area contributed by atoms with E-state index >= 15 is 0 Å². The lowest BCUT2D eigenvalue weighted by atomic mass is 9.77. The monoisotopic (exact) mass is 265 g/mol. The van der Waals surface area contributed by atoms with E-state index in [1.165, 1.54) is 12.1 Å². The van der Waals surface area contributed by atoms with Crippen LogP contribution in [0.15, 0.2) is 18.2 Å². The molecule has 4 heteroatoms. The lowest BCUT2D eigenvalue weighted by Crippen LogP contribution is -2.40. The zero-order valence-corrected chi connectivity index (χ0v) is 10.9. The van der Waals surface area contributed by atoms with Crippen molar-refractivity contribution < 1.29 is 14.2 Å². The summed E-state index contributed by atoms with van der Waals surface area (Å²) in [5, 5.41) is 9.71. The Kier molecular flexibility index (Phi) is 3.23. The Labute approximate surface area is 112 Å². The third-order valence-electron chi connectivity index (χ3n) is 4.56. The molecule has 3 nitrogen and oxygen atoms in total. The second-order valence-corrected chi connectivity index (χ2v) is 5.90. The van der Waals surface area contributed by atoms with Gasteiger partial charge >= 0.3 is 0 Å². The zero-order chi connectivity index (χ0) is 13.5. The van der Waals surface area contributed by atoms with Crippen molar-refractivity contribution in [2.45, 2.75) is 31.8 Å². The fraction of sp³-hybridized carbons (Fsp3) is 0.600. The number of ether oxygens (including phenoxy) is 1. The molecule has 1 aliphatic heterocycles. The smallest absolute Gasteiger partial charge is 0.123 e. The maximum atomic E-state index is 13.2. The summed E-state index contributed by atoms with van der Waals surface area (Å²) in [4.78, 5) is 0. The van der Waals surface area contributed by atoms with E-state index < -0.39 is 0 Å².